The van der Waals surface area contributed by atoms with E-state index in [1.165, 1.54) is 6.26 Å². The predicted molar refractivity (Wildman–Crippen MR) is 43.8 cm³/mol. The highest BCUT2D eigenvalue weighted by atomic mass is 19.4. The molecule has 0 aliphatic carbocycles. The topological polar surface area (TPSA) is 25.2 Å². The summed E-state index contributed by atoms with van der Waals surface area (Å²) in [6.45, 7) is 0.543. The van der Waals surface area contributed by atoms with E-state index >= 15 is 0 Å². The molecule has 0 spiro atoms. The first kappa shape index (κ1) is 9.58. The summed E-state index contributed by atoms with van der Waals surface area (Å²) in [7, 11) is 0. The smallest absolute Gasteiger partial charge is 0.390 e. The maximum absolute atomic E-state index is 12.2. The highest BCUT2D eigenvalue weighted by molar-refractivity contribution is 5.24. The fourth-order valence-corrected chi connectivity index (χ4v) is 1.75. The van der Waals surface area contributed by atoms with Crippen LogP contribution in [0.2, 0.25) is 0 Å². The van der Waals surface area contributed by atoms with Crippen LogP contribution in [0, 0.1) is 0 Å². The van der Waals surface area contributed by atoms with Crippen molar-refractivity contribution in [3.8, 4) is 0 Å². The van der Waals surface area contributed by atoms with E-state index in [4.69, 9.17) is 4.42 Å². The number of alkyl halides is 3. The minimum absolute atomic E-state index is 0.543. The van der Waals surface area contributed by atoms with E-state index in [9.17, 15) is 13.2 Å². The van der Waals surface area contributed by atoms with E-state index in [1.54, 1.807) is 6.07 Å². The summed E-state index contributed by atoms with van der Waals surface area (Å²) in [6.07, 6.45) is -2.86. The minimum Gasteiger partial charge on any atom is -0.469 e. The van der Waals surface area contributed by atoms with Crippen LogP contribution in [0.4, 0.5) is 13.2 Å². The molecule has 2 nitrogen and oxygen atoms in total. The Morgan fingerprint density at radius 1 is 1.50 bits per heavy atom. The third-order valence-electron chi connectivity index (χ3n) is 2.33. The Hall–Kier alpha value is -0.970. The monoisotopic (exact) mass is 205 g/mol. The molecule has 1 atom stereocenters. The molecule has 2 heterocycles. The molecule has 0 radical (unpaired) electrons. The number of hydrogen-bond acceptors (Lipinski definition) is 2. The lowest BCUT2D eigenvalue weighted by Gasteiger charge is -2.24. The van der Waals surface area contributed by atoms with Gasteiger partial charge in [-0.25, -0.2) is 0 Å². The van der Waals surface area contributed by atoms with E-state index in [2.05, 4.69) is 5.32 Å². The van der Waals surface area contributed by atoms with Crippen LogP contribution < -0.4 is 5.32 Å². The van der Waals surface area contributed by atoms with Crippen molar-refractivity contribution >= 4 is 0 Å². The second kappa shape index (κ2) is 3.31. The molecule has 0 saturated heterocycles. The summed E-state index contributed by atoms with van der Waals surface area (Å²) >= 11 is 0. The van der Waals surface area contributed by atoms with Gasteiger partial charge in [0.05, 0.1) is 12.7 Å². The maximum atomic E-state index is 12.2. The van der Waals surface area contributed by atoms with Crippen LogP contribution >= 0.6 is 0 Å². The SMILES string of the molecule is FC(F)(F)CC1NCCc2occc21. The molecular weight excluding hydrogens is 195 g/mol. The van der Waals surface area contributed by atoms with Crippen LogP contribution in [0.5, 0.6) is 0 Å². The molecule has 1 aromatic heterocycles. The second-order valence-electron chi connectivity index (χ2n) is 3.38. The van der Waals surface area contributed by atoms with E-state index in [-0.39, 0.29) is 0 Å². The summed E-state index contributed by atoms with van der Waals surface area (Å²) in [5.41, 5.74) is 0.647. The van der Waals surface area contributed by atoms with E-state index in [0.717, 1.165) is 0 Å². The van der Waals surface area contributed by atoms with Gasteiger partial charge in [-0.15, -0.1) is 0 Å². The zero-order valence-corrected chi connectivity index (χ0v) is 7.40. The first-order chi connectivity index (χ1) is 6.56. The standard InChI is InChI=1S/C9H10F3NO/c10-9(11,12)5-7-6-2-4-14-8(6)1-3-13-7/h2,4,7,13H,1,3,5H2. The molecule has 0 aromatic carbocycles. The Morgan fingerprint density at radius 2 is 2.29 bits per heavy atom. The van der Waals surface area contributed by atoms with Gasteiger partial charge in [-0.05, 0) is 6.07 Å². The summed E-state index contributed by atoms with van der Waals surface area (Å²) < 4.78 is 41.6. The number of furan rings is 1. The van der Waals surface area contributed by atoms with Gasteiger partial charge in [0.1, 0.15) is 5.76 Å². The normalized spacial score (nSPS) is 22.1. The number of rotatable bonds is 1. The second-order valence-corrected chi connectivity index (χ2v) is 3.38. The number of fused-ring (bicyclic) bond motifs is 1. The van der Waals surface area contributed by atoms with Crippen LogP contribution in [0.3, 0.4) is 0 Å². The van der Waals surface area contributed by atoms with Gasteiger partial charge in [0.15, 0.2) is 0 Å². The van der Waals surface area contributed by atoms with Crippen molar-refractivity contribution in [2.75, 3.05) is 6.54 Å². The molecular formula is C9H10F3NO. The Kier molecular flexibility index (Phi) is 2.26. The largest absolute Gasteiger partial charge is 0.469 e. The van der Waals surface area contributed by atoms with Crippen molar-refractivity contribution in [1.29, 1.82) is 0 Å². The molecule has 1 aliphatic heterocycles. The van der Waals surface area contributed by atoms with Gasteiger partial charge >= 0.3 is 6.18 Å². The molecule has 5 heteroatoms. The number of hydrogen-bond donors (Lipinski definition) is 1. The van der Waals surface area contributed by atoms with Gasteiger partial charge in [-0.3, -0.25) is 0 Å². The minimum atomic E-state index is -4.14. The van der Waals surface area contributed by atoms with Crippen LogP contribution in [0.15, 0.2) is 16.7 Å². The van der Waals surface area contributed by atoms with Crippen molar-refractivity contribution in [3.63, 3.8) is 0 Å². The third-order valence-corrected chi connectivity index (χ3v) is 2.33. The maximum Gasteiger partial charge on any atom is 0.390 e. The molecule has 0 fully saturated rings. The highest BCUT2D eigenvalue weighted by Crippen LogP contribution is 2.33. The zero-order valence-electron chi connectivity index (χ0n) is 7.40. The Bertz CT molecular complexity index is 318. The van der Waals surface area contributed by atoms with Crippen molar-refractivity contribution in [3.05, 3.63) is 23.7 Å². The summed E-state index contributed by atoms with van der Waals surface area (Å²) in [5, 5.41) is 2.84. The fourth-order valence-electron chi connectivity index (χ4n) is 1.75. The lowest BCUT2D eigenvalue weighted by atomic mass is 9.99. The lowest BCUT2D eigenvalue weighted by molar-refractivity contribution is -0.140. The molecule has 1 aliphatic rings. The Labute approximate surface area is 79.1 Å². The number of halogens is 3. The summed E-state index contributed by atoms with van der Waals surface area (Å²) in [6, 6.07) is 0.968. The van der Waals surface area contributed by atoms with E-state index in [1.807, 2.05) is 0 Å². The van der Waals surface area contributed by atoms with E-state index in [0.29, 0.717) is 24.3 Å². The fraction of sp³-hybridized carbons (Fsp3) is 0.556. The Morgan fingerprint density at radius 3 is 3.00 bits per heavy atom. The number of nitrogens with one attached hydrogen (secondary N) is 1. The molecule has 0 saturated carbocycles. The lowest BCUT2D eigenvalue weighted by Crippen LogP contribution is -2.32. The van der Waals surface area contributed by atoms with Crippen LogP contribution in [-0.4, -0.2) is 12.7 Å². The molecule has 78 valence electrons. The van der Waals surface area contributed by atoms with Crippen molar-refractivity contribution in [2.24, 2.45) is 0 Å². The molecule has 2 rings (SSSR count). The van der Waals surface area contributed by atoms with Gasteiger partial charge in [0.2, 0.25) is 0 Å². The highest BCUT2D eigenvalue weighted by Gasteiger charge is 2.35. The van der Waals surface area contributed by atoms with Crippen molar-refractivity contribution in [1.82, 2.24) is 5.32 Å². The first-order valence-electron chi connectivity index (χ1n) is 4.43. The molecule has 0 amide bonds. The summed E-state index contributed by atoms with van der Waals surface area (Å²) in [5.74, 6) is 0.679. The molecule has 1 N–H and O–H groups in total. The van der Waals surface area contributed by atoms with Gasteiger partial charge in [0.25, 0.3) is 0 Å². The average Bonchev–Trinajstić information content (AvgIpc) is 2.49. The van der Waals surface area contributed by atoms with Gasteiger partial charge in [0, 0.05) is 24.6 Å². The molecule has 0 bridgehead atoms. The van der Waals surface area contributed by atoms with Gasteiger partial charge in [-0.1, -0.05) is 0 Å². The third kappa shape index (κ3) is 1.92. The Balaban J connectivity index is 2.16. The first-order valence-corrected chi connectivity index (χ1v) is 4.43. The van der Waals surface area contributed by atoms with Gasteiger partial charge in [-0.2, -0.15) is 13.2 Å². The van der Waals surface area contributed by atoms with Crippen LogP contribution in [0.1, 0.15) is 23.8 Å². The van der Waals surface area contributed by atoms with Crippen LogP contribution in [-0.2, 0) is 6.42 Å². The van der Waals surface area contributed by atoms with Crippen molar-refractivity contribution in [2.45, 2.75) is 25.1 Å². The van der Waals surface area contributed by atoms with Crippen molar-refractivity contribution < 1.29 is 17.6 Å². The predicted octanol–water partition coefficient (Wildman–Crippen LogP) is 2.42. The molecule has 1 aromatic rings. The van der Waals surface area contributed by atoms with Crippen LogP contribution in [0.25, 0.3) is 0 Å². The molecule has 1 unspecified atom stereocenters. The quantitative estimate of drug-likeness (QED) is 0.761. The van der Waals surface area contributed by atoms with E-state index < -0.39 is 18.6 Å². The summed E-state index contributed by atoms with van der Waals surface area (Å²) in [4.78, 5) is 0. The average molecular weight is 205 g/mol. The molecule has 14 heavy (non-hydrogen) atoms. The zero-order chi connectivity index (χ0) is 10.2. The van der Waals surface area contributed by atoms with Gasteiger partial charge < -0.3 is 9.73 Å².